The summed E-state index contributed by atoms with van der Waals surface area (Å²) in [4.78, 5) is 13.5. The van der Waals surface area contributed by atoms with Crippen LogP contribution < -0.4 is 4.90 Å². The highest BCUT2D eigenvalue weighted by molar-refractivity contribution is 6.45. The minimum atomic E-state index is -1.11. The number of aliphatic hydroxyl groups is 1. The highest BCUT2D eigenvalue weighted by atomic mass is 35.5. The molecule has 0 saturated carbocycles. The minimum absolute atomic E-state index is 0.0501. The zero-order valence-corrected chi connectivity index (χ0v) is 14.1. The molecule has 0 aliphatic carbocycles. The van der Waals surface area contributed by atoms with Gasteiger partial charge in [0.05, 0.1) is 0 Å². The lowest BCUT2D eigenvalue weighted by atomic mass is 9.93. The van der Waals surface area contributed by atoms with E-state index in [0.717, 1.165) is 10.5 Å². The molecule has 120 valence electrons. The second-order valence-electron chi connectivity index (χ2n) is 6.64. The Morgan fingerprint density at radius 1 is 1.55 bits per heavy atom. The molecule has 1 aliphatic heterocycles. The van der Waals surface area contributed by atoms with E-state index in [1.807, 2.05) is 27.7 Å². The highest BCUT2D eigenvalue weighted by Crippen LogP contribution is 2.35. The summed E-state index contributed by atoms with van der Waals surface area (Å²) in [6.45, 7) is 11.6. The van der Waals surface area contributed by atoms with Crippen LogP contribution >= 0.6 is 11.6 Å². The fourth-order valence-electron chi connectivity index (χ4n) is 2.17. The molecule has 0 spiro atoms. The number of aliphatic hydroxyl groups excluding tert-OH is 1. The summed E-state index contributed by atoms with van der Waals surface area (Å²) >= 11 is 6.09. The molecule has 1 unspecified atom stereocenters. The van der Waals surface area contributed by atoms with E-state index < -0.39 is 12.1 Å². The third-order valence-corrected chi connectivity index (χ3v) is 3.95. The van der Waals surface area contributed by atoms with Crippen LogP contribution in [0.3, 0.4) is 0 Å². The number of hydrogen-bond donors (Lipinski definition) is 1. The maximum Gasteiger partial charge on any atom is 0.273 e. The first-order valence-corrected chi connectivity index (χ1v) is 7.52. The van der Waals surface area contributed by atoms with Crippen molar-refractivity contribution in [1.29, 1.82) is 0 Å². The Labute approximate surface area is 135 Å². The van der Waals surface area contributed by atoms with Crippen LogP contribution in [-0.4, -0.2) is 22.4 Å². The molecular weight excluding hydrogens is 304 g/mol. The van der Waals surface area contributed by atoms with Gasteiger partial charge in [-0.3, -0.25) is 9.69 Å². The molecule has 1 aromatic rings. The van der Waals surface area contributed by atoms with Crippen molar-refractivity contribution in [1.82, 2.24) is 5.16 Å². The Morgan fingerprint density at radius 3 is 2.68 bits per heavy atom. The van der Waals surface area contributed by atoms with Gasteiger partial charge in [-0.1, -0.05) is 43.1 Å². The zero-order chi connectivity index (χ0) is 16.7. The van der Waals surface area contributed by atoms with Crippen LogP contribution in [0.1, 0.15) is 46.3 Å². The van der Waals surface area contributed by atoms with Crippen LogP contribution in [0.25, 0.3) is 0 Å². The number of anilines is 1. The molecule has 0 radical (unpaired) electrons. The summed E-state index contributed by atoms with van der Waals surface area (Å²) < 4.78 is 5.28. The molecule has 1 amide bonds. The van der Waals surface area contributed by atoms with E-state index >= 15 is 0 Å². The van der Waals surface area contributed by atoms with Crippen molar-refractivity contribution < 1.29 is 14.4 Å². The molecule has 0 saturated heterocycles. The average Bonchev–Trinajstić information content (AvgIpc) is 2.94. The first kappa shape index (κ1) is 16.8. The van der Waals surface area contributed by atoms with Gasteiger partial charge in [0.2, 0.25) is 0 Å². The van der Waals surface area contributed by atoms with Gasteiger partial charge in [0.15, 0.2) is 12.0 Å². The molecule has 1 aliphatic rings. The Morgan fingerprint density at radius 2 is 2.18 bits per heavy atom. The molecule has 22 heavy (non-hydrogen) atoms. The monoisotopic (exact) mass is 324 g/mol. The van der Waals surface area contributed by atoms with E-state index in [0.29, 0.717) is 24.2 Å². The lowest BCUT2D eigenvalue weighted by Gasteiger charge is -2.19. The molecule has 2 heterocycles. The summed E-state index contributed by atoms with van der Waals surface area (Å²) in [6, 6.07) is 1.66. The van der Waals surface area contributed by atoms with Crippen LogP contribution in [0.15, 0.2) is 33.3 Å². The number of halogens is 1. The minimum Gasteiger partial charge on any atom is -0.369 e. The van der Waals surface area contributed by atoms with Crippen molar-refractivity contribution in [2.24, 2.45) is 0 Å². The van der Waals surface area contributed by atoms with Crippen molar-refractivity contribution in [2.75, 3.05) is 4.90 Å². The SMILES string of the molecule is C=C(C)CCC1=C(Cl)C(=O)N(c2cc(C(C)(C)C)on2)C1O. The number of allylic oxidation sites excluding steroid dienone is 1. The van der Waals surface area contributed by atoms with E-state index in [2.05, 4.69) is 11.7 Å². The topological polar surface area (TPSA) is 66.6 Å². The molecule has 0 fully saturated rings. The maximum absolute atomic E-state index is 12.3. The van der Waals surface area contributed by atoms with Gasteiger partial charge in [-0.05, 0) is 19.8 Å². The van der Waals surface area contributed by atoms with Crippen molar-refractivity contribution in [3.8, 4) is 0 Å². The van der Waals surface area contributed by atoms with E-state index in [4.69, 9.17) is 16.1 Å². The van der Waals surface area contributed by atoms with E-state index in [9.17, 15) is 9.90 Å². The molecule has 0 aromatic carbocycles. The maximum atomic E-state index is 12.3. The summed E-state index contributed by atoms with van der Waals surface area (Å²) in [5.74, 6) is 0.444. The Kier molecular flexibility index (Phi) is 4.49. The van der Waals surface area contributed by atoms with Gasteiger partial charge in [-0.15, -0.1) is 6.58 Å². The standard InChI is InChI=1S/C16H21ClN2O3/c1-9(2)6-7-10-13(17)15(21)19(14(10)20)12-8-11(22-18-12)16(3,4)5/h8,14,20H,1,6-7H2,2-5H3. The number of rotatable bonds is 4. The Balaban J connectivity index is 2.26. The molecule has 1 N–H and O–H groups in total. The van der Waals surface area contributed by atoms with Gasteiger partial charge in [-0.2, -0.15) is 0 Å². The second-order valence-corrected chi connectivity index (χ2v) is 7.02. The molecule has 0 bridgehead atoms. The van der Waals surface area contributed by atoms with Crippen molar-refractivity contribution in [2.45, 2.75) is 52.2 Å². The summed E-state index contributed by atoms with van der Waals surface area (Å²) in [5.41, 5.74) is 1.22. The number of hydrogen-bond acceptors (Lipinski definition) is 4. The normalized spacial score (nSPS) is 19.3. The van der Waals surface area contributed by atoms with Crippen LogP contribution in [0.5, 0.6) is 0 Å². The lowest BCUT2D eigenvalue weighted by Crippen LogP contribution is -2.35. The number of carbonyl (C=O) groups is 1. The molecule has 5 nitrogen and oxygen atoms in total. The molecular formula is C16H21ClN2O3. The zero-order valence-electron chi connectivity index (χ0n) is 13.3. The number of nitrogens with zero attached hydrogens (tertiary/aromatic N) is 2. The van der Waals surface area contributed by atoms with Crippen LogP contribution in [0.4, 0.5) is 5.82 Å². The Bertz CT molecular complexity index is 640. The van der Waals surface area contributed by atoms with E-state index in [-0.39, 0.29) is 16.3 Å². The summed E-state index contributed by atoms with van der Waals surface area (Å²) in [7, 11) is 0. The number of amides is 1. The highest BCUT2D eigenvalue weighted by Gasteiger charge is 2.40. The summed E-state index contributed by atoms with van der Waals surface area (Å²) in [6.07, 6.45) is 0.0365. The number of aromatic nitrogens is 1. The summed E-state index contributed by atoms with van der Waals surface area (Å²) in [5, 5.41) is 14.4. The third kappa shape index (κ3) is 3.10. The molecule has 2 rings (SSSR count). The fraction of sp³-hybridized carbons (Fsp3) is 0.500. The van der Waals surface area contributed by atoms with Gasteiger partial charge < -0.3 is 9.63 Å². The first-order valence-electron chi connectivity index (χ1n) is 7.14. The Hall–Kier alpha value is -1.59. The van der Waals surface area contributed by atoms with Crippen molar-refractivity contribution in [3.63, 3.8) is 0 Å². The van der Waals surface area contributed by atoms with Crippen LogP contribution in [0, 0.1) is 0 Å². The third-order valence-electron chi connectivity index (χ3n) is 3.55. The van der Waals surface area contributed by atoms with Gasteiger partial charge in [0.25, 0.3) is 5.91 Å². The molecule has 6 heteroatoms. The first-order chi connectivity index (χ1) is 10.1. The largest absolute Gasteiger partial charge is 0.369 e. The van der Waals surface area contributed by atoms with Gasteiger partial charge >= 0.3 is 0 Å². The molecule has 1 atom stereocenters. The van der Waals surface area contributed by atoms with Crippen LogP contribution in [-0.2, 0) is 10.2 Å². The lowest BCUT2D eigenvalue weighted by molar-refractivity contribution is -0.115. The second kappa shape index (κ2) is 5.89. The van der Waals surface area contributed by atoms with Gasteiger partial charge in [0.1, 0.15) is 10.8 Å². The predicted octanol–water partition coefficient (Wildman–Crippen LogP) is 3.49. The van der Waals surface area contributed by atoms with E-state index in [1.165, 1.54) is 0 Å². The average molecular weight is 325 g/mol. The number of carbonyl (C=O) groups excluding carboxylic acids is 1. The quantitative estimate of drug-likeness (QED) is 0.861. The smallest absolute Gasteiger partial charge is 0.273 e. The van der Waals surface area contributed by atoms with E-state index in [1.54, 1.807) is 6.07 Å². The van der Waals surface area contributed by atoms with Gasteiger partial charge in [0, 0.05) is 17.1 Å². The molecule has 1 aromatic heterocycles. The van der Waals surface area contributed by atoms with Crippen LogP contribution in [0.2, 0.25) is 0 Å². The fourth-order valence-corrected chi connectivity index (χ4v) is 2.46. The predicted molar refractivity (Wildman–Crippen MR) is 85.6 cm³/mol. The van der Waals surface area contributed by atoms with Gasteiger partial charge in [-0.25, -0.2) is 0 Å². The van der Waals surface area contributed by atoms with Crippen molar-refractivity contribution in [3.05, 3.63) is 34.6 Å². The van der Waals surface area contributed by atoms with Crippen molar-refractivity contribution >= 4 is 23.3 Å².